The first-order valence-corrected chi connectivity index (χ1v) is 9.03. The molecule has 0 aliphatic rings. The summed E-state index contributed by atoms with van der Waals surface area (Å²) in [5.41, 5.74) is 4.51. The molecule has 0 bridgehead atoms. The summed E-state index contributed by atoms with van der Waals surface area (Å²) in [5, 5.41) is 1.68. The average Bonchev–Trinajstić information content (AvgIpc) is 2.63. The molecule has 124 valence electrons. The van der Waals surface area contributed by atoms with Crippen LogP contribution in [0.1, 0.15) is 44.2 Å². The molecule has 3 rings (SSSR count). The van der Waals surface area contributed by atoms with Crippen LogP contribution in [0, 0.1) is 5.82 Å². The molecule has 0 saturated heterocycles. The second kappa shape index (κ2) is 7.61. The highest BCUT2D eigenvalue weighted by atomic mass is 19.1. The predicted octanol–water partition coefficient (Wildman–Crippen LogP) is 6.94. The van der Waals surface area contributed by atoms with E-state index in [0.29, 0.717) is 5.39 Å². The van der Waals surface area contributed by atoms with Gasteiger partial charge in [-0.1, -0.05) is 75.2 Å². The number of rotatable bonds is 6. The summed E-state index contributed by atoms with van der Waals surface area (Å²) in [7, 11) is 0. The summed E-state index contributed by atoms with van der Waals surface area (Å²) in [6, 6.07) is 18.7. The van der Waals surface area contributed by atoms with Crippen LogP contribution >= 0.6 is 0 Å². The second-order valence-electron chi connectivity index (χ2n) is 6.48. The zero-order valence-corrected chi connectivity index (χ0v) is 14.6. The molecule has 0 amide bonds. The number of hydrogen-bond acceptors (Lipinski definition) is 0. The van der Waals surface area contributed by atoms with Gasteiger partial charge in [-0.3, -0.25) is 0 Å². The van der Waals surface area contributed by atoms with Gasteiger partial charge in [-0.2, -0.15) is 0 Å². The van der Waals surface area contributed by atoms with E-state index in [1.807, 2.05) is 31.2 Å². The maximum absolute atomic E-state index is 14.4. The third kappa shape index (κ3) is 3.51. The summed E-state index contributed by atoms with van der Waals surface area (Å²) in [6.45, 7) is 4.22. The molecule has 3 aromatic carbocycles. The second-order valence-corrected chi connectivity index (χ2v) is 6.48. The molecular formula is C23H25F. The molecule has 0 unspecified atom stereocenters. The lowest BCUT2D eigenvalue weighted by molar-refractivity contribution is 0.624. The van der Waals surface area contributed by atoms with Crippen LogP contribution in [0.5, 0.6) is 0 Å². The highest BCUT2D eigenvalue weighted by molar-refractivity contribution is 5.88. The number of hydrogen-bond donors (Lipinski definition) is 0. The predicted molar refractivity (Wildman–Crippen MR) is 102 cm³/mol. The smallest absolute Gasteiger partial charge is 0.134 e. The van der Waals surface area contributed by atoms with Gasteiger partial charge < -0.3 is 0 Å². The highest BCUT2D eigenvalue weighted by Gasteiger charge is 2.07. The Balaban J connectivity index is 1.86. The minimum absolute atomic E-state index is 0.0761. The van der Waals surface area contributed by atoms with Crippen LogP contribution in [-0.2, 0) is 12.8 Å². The molecule has 0 aliphatic carbocycles. The minimum Gasteiger partial charge on any atom is -0.206 e. The van der Waals surface area contributed by atoms with E-state index in [0.717, 1.165) is 29.4 Å². The van der Waals surface area contributed by atoms with Gasteiger partial charge >= 0.3 is 0 Å². The molecular weight excluding hydrogens is 295 g/mol. The lowest BCUT2D eigenvalue weighted by atomic mass is 9.97. The zero-order valence-electron chi connectivity index (χ0n) is 14.6. The van der Waals surface area contributed by atoms with Crippen LogP contribution in [0.15, 0.2) is 54.6 Å². The first kappa shape index (κ1) is 16.7. The molecule has 3 aromatic rings. The van der Waals surface area contributed by atoms with Crippen molar-refractivity contribution in [2.24, 2.45) is 0 Å². The lowest BCUT2D eigenvalue weighted by Crippen LogP contribution is -1.90. The fourth-order valence-corrected chi connectivity index (χ4v) is 3.23. The number of halogens is 1. The molecule has 0 saturated carbocycles. The molecule has 0 aromatic heterocycles. The van der Waals surface area contributed by atoms with Crippen molar-refractivity contribution in [2.75, 3.05) is 0 Å². The molecule has 0 fully saturated rings. The number of benzene rings is 3. The average molecular weight is 320 g/mol. The summed E-state index contributed by atoms with van der Waals surface area (Å²) in [5.74, 6) is -0.0761. The van der Waals surface area contributed by atoms with Crippen molar-refractivity contribution in [1.29, 1.82) is 0 Å². The van der Waals surface area contributed by atoms with Crippen LogP contribution in [0.2, 0.25) is 0 Å². The van der Waals surface area contributed by atoms with Gasteiger partial charge in [-0.25, -0.2) is 4.39 Å². The van der Waals surface area contributed by atoms with Gasteiger partial charge in [0.15, 0.2) is 0 Å². The summed E-state index contributed by atoms with van der Waals surface area (Å²) < 4.78 is 14.4. The molecule has 0 nitrogen and oxygen atoms in total. The van der Waals surface area contributed by atoms with E-state index < -0.39 is 0 Å². The fourth-order valence-electron chi connectivity index (χ4n) is 3.23. The molecule has 0 heterocycles. The quantitative estimate of drug-likeness (QED) is 0.431. The Labute approximate surface area is 144 Å². The van der Waals surface area contributed by atoms with Crippen molar-refractivity contribution in [2.45, 2.75) is 46.0 Å². The van der Waals surface area contributed by atoms with E-state index in [9.17, 15) is 4.39 Å². The van der Waals surface area contributed by atoms with Gasteiger partial charge in [-0.15, -0.1) is 0 Å². The van der Waals surface area contributed by atoms with Crippen molar-refractivity contribution >= 4 is 10.8 Å². The van der Waals surface area contributed by atoms with Gasteiger partial charge in [0.25, 0.3) is 0 Å². The normalized spacial score (nSPS) is 11.1. The minimum atomic E-state index is -0.0761. The Morgan fingerprint density at radius 3 is 2.25 bits per heavy atom. The first-order chi connectivity index (χ1) is 11.7. The molecule has 24 heavy (non-hydrogen) atoms. The lowest BCUT2D eigenvalue weighted by Gasteiger charge is -2.08. The zero-order chi connectivity index (χ0) is 16.9. The third-order valence-corrected chi connectivity index (χ3v) is 4.77. The SMILES string of the molecule is CCCCCc1ccc(-c2ccc3c(F)c(CC)ccc3c2)cc1. The Hall–Kier alpha value is -2.15. The molecule has 0 aliphatic heterocycles. The molecule has 1 heteroatoms. The number of unbranched alkanes of at least 4 members (excludes halogenated alkanes) is 2. The van der Waals surface area contributed by atoms with Gasteiger partial charge in [0.2, 0.25) is 0 Å². The maximum atomic E-state index is 14.4. The van der Waals surface area contributed by atoms with Crippen molar-refractivity contribution in [3.8, 4) is 11.1 Å². The van der Waals surface area contributed by atoms with Crippen molar-refractivity contribution in [3.63, 3.8) is 0 Å². The van der Waals surface area contributed by atoms with E-state index in [4.69, 9.17) is 0 Å². The van der Waals surface area contributed by atoms with Gasteiger partial charge in [0.1, 0.15) is 5.82 Å². The number of aryl methyl sites for hydroxylation is 2. The maximum Gasteiger partial charge on any atom is 0.134 e. The van der Waals surface area contributed by atoms with Gasteiger partial charge in [0, 0.05) is 5.39 Å². The van der Waals surface area contributed by atoms with Crippen molar-refractivity contribution in [3.05, 3.63) is 71.5 Å². The van der Waals surface area contributed by atoms with E-state index in [1.165, 1.54) is 30.4 Å². The van der Waals surface area contributed by atoms with Gasteiger partial charge in [0.05, 0.1) is 0 Å². The van der Waals surface area contributed by atoms with E-state index in [1.54, 1.807) is 0 Å². The van der Waals surface area contributed by atoms with Crippen molar-refractivity contribution in [1.82, 2.24) is 0 Å². The first-order valence-electron chi connectivity index (χ1n) is 9.03. The molecule has 0 radical (unpaired) electrons. The van der Waals surface area contributed by atoms with Crippen LogP contribution in [0.4, 0.5) is 4.39 Å². The summed E-state index contributed by atoms with van der Waals surface area (Å²) in [4.78, 5) is 0. The molecule has 0 N–H and O–H groups in total. The third-order valence-electron chi connectivity index (χ3n) is 4.77. The van der Waals surface area contributed by atoms with E-state index in [-0.39, 0.29) is 5.82 Å². The van der Waals surface area contributed by atoms with Crippen LogP contribution in [-0.4, -0.2) is 0 Å². The van der Waals surface area contributed by atoms with Crippen LogP contribution in [0.25, 0.3) is 21.9 Å². The Bertz CT molecular complexity index is 815. The Kier molecular flexibility index (Phi) is 5.30. The van der Waals surface area contributed by atoms with Gasteiger partial charge in [-0.05, 0) is 53.0 Å². The fraction of sp³-hybridized carbons (Fsp3) is 0.304. The Morgan fingerprint density at radius 2 is 1.54 bits per heavy atom. The standard InChI is InChI=1S/C23H25F/c1-3-5-6-7-17-8-10-19(11-9-17)20-14-15-22-21(16-20)13-12-18(4-2)23(22)24/h8-16H,3-7H2,1-2H3. The summed E-state index contributed by atoms with van der Waals surface area (Å²) >= 11 is 0. The highest BCUT2D eigenvalue weighted by Crippen LogP contribution is 2.28. The molecule has 0 atom stereocenters. The van der Waals surface area contributed by atoms with Crippen molar-refractivity contribution < 1.29 is 4.39 Å². The molecule has 0 spiro atoms. The van der Waals surface area contributed by atoms with E-state index >= 15 is 0 Å². The Morgan fingerprint density at radius 1 is 0.792 bits per heavy atom. The number of fused-ring (bicyclic) bond motifs is 1. The monoisotopic (exact) mass is 320 g/mol. The van der Waals surface area contributed by atoms with Crippen LogP contribution < -0.4 is 0 Å². The largest absolute Gasteiger partial charge is 0.206 e. The topological polar surface area (TPSA) is 0 Å². The van der Waals surface area contributed by atoms with Crippen LogP contribution in [0.3, 0.4) is 0 Å². The van der Waals surface area contributed by atoms with E-state index in [2.05, 4.69) is 37.3 Å². The summed E-state index contributed by atoms with van der Waals surface area (Å²) in [6.07, 6.45) is 5.67.